The van der Waals surface area contributed by atoms with Crippen molar-refractivity contribution >= 4 is 16.1 Å². The summed E-state index contributed by atoms with van der Waals surface area (Å²) in [5.41, 5.74) is 0. The monoisotopic (exact) mass is 277 g/mol. The van der Waals surface area contributed by atoms with Crippen molar-refractivity contribution in [2.45, 2.75) is 32.7 Å². The minimum Gasteiger partial charge on any atom is -0.335 e. The summed E-state index contributed by atoms with van der Waals surface area (Å²) in [5, 5.41) is 2.96. The first kappa shape index (κ1) is 15.2. The highest BCUT2D eigenvalue weighted by molar-refractivity contribution is 7.88. The van der Waals surface area contributed by atoms with Crippen molar-refractivity contribution in [2.75, 3.05) is 32.4 Å². The van der Waals surface area contributed by atoms with Gasteiger partial charge in [0.05, 0.1) is 6.26 Å². The van der Waals surface area contributed by atoms with E-state index in [-0.39, 0.29) is 12.1 Å². The van der Waals surface area contributed by atoms with Crippen molar-refractivity contribution in [3.05, 3.63) is 0 Å². The van der Waals surface area contributed by atoms with E-state index < -0.39 is 10.0 Å². The van der Waals surface area contributed by atoms with E-state index in [0.717, 1.165) is 0 Å². The first-order chi connectivity index (χ1) is 8.38. The van der Waals surface area contributed by atoms with Gasteiger partial charge in [-0.2, -0.15) is 0 Å². The zero-order chi connectivity index (χ0) is 13.8. The quantitative estimate of drug-likeness (QED) is 0.811. The number of piperidine rings is 1. The van der Waals surface area contributed by atoms with Gasteiger partial charge in [0, 0.05) is 32.2 Å². The number of nitrogens with zero attached hydrogens (tertiary/aromatic N) is 2. The number of sulfonamides is 1. The lowest BCUT2D eigenvalue weighted by Crippen LogP contribution is -2.50. The molecule has 2 amide bonds. The van der Waals surface area contributed by atoms with Gasteiger partial charge in [-0.3, -0.25) is 0 Å². The van der Waals surface area contributed by atoms with E-state index in [1.54, 1.807) is 4.90 Å². The van der Waals surface area contributed by atoms with E-state index in [0.29, 0.717) is 39.0 Å². The highest BCUT2D eigenvalue weighted by atomic mass is 32.2. The smallest absolute Gasteiger partial charge is 0.317 e. The topological polar surface area (TPSA) is 69.7 Å². The van der Waals surface area contributed by atoms with Crippen molar-refractivity contribution in [3.8, 4) is 0 Å². The fraction of sp³-hybridized carbons (Fsp3) is 0.909. The molecule has 106 valence electrons. The lowest BCUT2D eigenvalue weighted by Gasteiger charge is -2.32. The van der Waals surface area contributed by atoms with Crippen LogP contribution in [0.25, 0.3) is 0 Å². The maximum absolute atomic E-state index is 11.8. The second-order valence-corrected chi connectivity index (χ2v) is 6.54. The Morgan fingerprint density at radius 2 is 1.78 bits per heavy atom. The number of carbonyl (C=O) groups excluding carboxylic acids is 1. The molecule has 7 heteroatoms. The molecule has 1 aliphatic rings. The SMILES string of the molecule is CCN(CC)C(=O)NC1CCN(S(C)(=O)=O)CC1. The molecule has 1 aliphatic heterocycles. The molecular weight excluding hydrogens is 254 g/mol. The minimum atomic E-state index is -3.09. The van der Waals surface area contributed by atoms with Crippen LogP contribution in [0.3, 0.4) is 0 Å². The lowest BCUT2D eigenvalue weighted by molar-refractivity contribution is 0.192. The predicted molar refractivity (Wildman–Crippen MR) is 70.9 cm³/mol. The molecule has 0 saturated carbocycles. The number of amides is 2. The van der Waals surface area contributed by atoms with E-state index in [9.17, 15) is 13.2 Å². The Kier molecular flexibility index (Phi) is 5.40. The fourth-order valence-corrected chi connectivity index (χ4v) is 2.98. The van der Waals surface area contributed by atoms with Gasteiger partial charge in [-0.25, -0.2) is 17.5 Å². The average molecular weight is 277 g/mol. The summed E-state index contributed by atoms with van der Waals surface area (Å²) in [7, 11) is -3.09. The molecule has 1 fully saturated rings. The van der Waals surface area contributed by atoms with E-state index in [1.165, 1.54) is 10.6 Å². The van der Waals surface area contributed by atoms with Crippen molar-refractivity contribution < 1.29 is 13.2 Å². The third-order valence-electron chi connectivity index (χ3n) is 3.30. The van der Waals surface area contributed by atoms with Crippen LogP contribution in [-0.2, 0) is 10.0 Å². The zero-order valence-corrected chi connectivity index (χ0v) is 12.2. The van der Waals surface area contributed by atoms with Crippen LogP contribution >= 0.6 is 0 Å². The number of urea groups is 1. The average Bonchev–Trinajstić information content (AvgIpc) is 2.30. The van der Waals surface area contributed by atoms with Gasteiger partial charge in [-0.05, 0) is 26.7 Å². The van der Waals surface area contributed by atoms with E-state index in [4.69, 9.17) is 0 Å². The Morgan fingerprint density at radius 3 is 2.17 bits per heavy atom. The Labute approximate surface area is 109 Å². The standard InChI is InChI=1S/C11H23N3O3S/c1-4-13(5-2)11(15)12-10-6-8-14(9-7-10)18(3,16)17/h10H,4-9H2,1-3H3,(H,12,15). The summed E-state index contributed by atoms with van der Waals surface area (Å²) >= 11 is 0. The summed E-state index contributed by atoms with van der Waals surface area (Å²) < 4.78 is 24.2. The normalized spacial score (nSPS) is 18.6. The highest BCUT2D eigenvalue weighted by Crippen LogP contribution is 2.13. The molecule has 1 saturated heterocycles. The van der Waals surface area contributed by atoms with Gasteiger partial charge in [-0.15, -0.1) is 0 Å². The number of rotatable bonds is 4. The van der Waals surface area contributed by atoms with Crippen molar-refractivity contribution in [2.24, 2.45) is 0 Å². The Bertz CT molecular complexity index is 371. The van der Waals surface area contributed by atoms with Crippen LogP contribution in [0, 0.1) is 0 Å². The molecule has 1 N–H and O–H groups in total. The molecule has 0 atom stereocenters. The van der Waals surface area contributed by atoms with Gasteiger partial charge in [0.15, 0.2) is 0 Å². The molecule has 0 unspecified atom stereocenters. The summed E-state index contributed by atoms with van der Waals surface area (Å²) in [4.78, 5) is 13.6. The Hall–Kier alpha value is -0.820. The van der Waals surface area contributed by atoms with Gasteiger partial charge in [0.25, 0.3) is 0 Å². The molecule has 1 rings (SSSR count). The fourth-order valence-electron chi connectivity index (χ4n) is 2.11. The molecule has 6 nitrogen and oxygen atoms in total. The number of nitrogens with one attached hydrogen (secondary N) is 1. The van der Waals surface area contributed by atoms with Crippen molar-refractivity contribution in [1.82, 2.24) is 14.5 Å². The molecular formula is C11H23N3O3S. The Balaban J connectivity index is 2.42. The maximum Gasteiger partial charge on any atom is 0.317 e. The molecule has 0 aliphatic carbocycles. The van der Waals surface area contributed by atoms with E-state index >= 15 is 0 Å². The van der Waals surface area contributed by atoms with Crippen LogP contribution in [0.1, 0.15) is 26.7 Å². The van der Waals surface area contributed by atoms with Crippen LogP contribution in [0.5, 0.6) is 0 Å². The van der Waals surface area contributed by atoms with Gasteiger partial charge < -0.3 is 10.2 Å². The first-order valence-electron chi connectivity index (χ1n) is 6.39. The van der Waals surface area contributed by atoms with E-state index in [2.05, 4.69) is 5.32 Å². The van der Waals surface area contributed by atoms with Crippen LogP contribution in [0.15, 0.2) is 0 Å². The van der Waals surface area contributed by atoms with Crippen LogP contribution < -0.4 is 5.32 Å². The molecule has 0 aromatic carbocycles. The summed E-state index contributed by atoms with van der Waals surface area (Å²) in [6.07, 6.45) is 2.59. The minimum absolute atomic E-state index is 0.0576. The maximum atomic E-state index is 11.8. The predicted octanol–water partition coefficient (Wildman–Crippen LogP) is 0.462. The van der Waals surface area contributed by atoms with Gasteiger partial charge >= 0.3 is 6.03 Å². The third kappa shape index (κ3) is 4.13. The second kappa shape index (κ2) is 6.38. The number of carbonyl (C=O) groups is 1. The van der Waals surface area contributed by atoms with Crippen LogP contribution in [0.4, 0.5) is 4.79 Å². The van der Waals surface area contributed by atoms with Crippen LogP contribution in [0.2, 0.25) is 0 Å². The number of hydrogen-bond acceptors (Lipinski definition) is 3. The second-order valence-electron chi connectivity index (χ2n) is 4.56. The van der Waals surface area contributed by atoms with E-state index in [1.807, 2.05) is 13.8 Å². The summed E-state index contributed by atoms with van der Waals surface area (Å²) in [5.74, 6) is 0. The molecule has 0 radical (unpaired) electrons. The number of hydrogen-bond donors (Lipinski definition) is 1. The van der Waals surface area contributed by atoms with Gasteiger partial charge in [-0.1, -0.05) is 0 Å². The van der Waals surface area contributed by atoms with Crippen molar-refractivity contribution in [1.29, 1.82) is 0 Å². The molecule has 0 aromatic heterocycles. The molecule has 0 aromatic rings. The Morgan fingerprint density at radius 1 is 1.28 bits per heavy atom. The third-order valence-corrected chi connectivity index (χ3v) is 4.60. The molecule has 0 spiro atoms. The molecule has 18 heavy (non-hydrogen) atoms. The summed E-state index contributed by atoms with van der Waals surface area (Å²) in [6, 6.07) is 0.0221. The molecule has 0 bridgehead atoms. The zero-order valence-electron chi connectivity index (χ0n) is 11.3. The van der Waals surface area contributed by atoms with Gasteiger partial charge in [0.2, 0.25) is 10.0 Å². The largest absolute Gasteiger partial charge is 0.335 e. The van der Waals surface area contributed by atoms with Crippen molar-refractivity contribution in [3.63, 3.8) is 0 Å². The van der Waals surface area contributed by atoms with Gasteiger partial charge in [0.1, 0.15) is 0 Å². The summed E-state index contributed by atoms with van der Waals surface area (Å²) in [6.45, 7) is 6.23. The van der Waals surface area contributed by atoms with Crippen LogP contribution in [-0.4, -0.2) is 62.1 Å². The highest BCUT2D eigenvalue weighted by Gasteiger charge is 2.26. The first-order valence-corrected chi connectivity index (χ1v) is 8.23. The lowest BCUT2D eigenvalue weighted by atomic mass is 10.1. The molecule has 1 heterocycles.